The number of aromatic nitrogens is 1. The molecule has 17 heavy (non-hydrogen) atoms. The highest BCUT2D eigenvalue weighted by molar-refractivity contribution is 5.89. The van der Waals surface area contributed by atoms with E-state index in [1.54, 1.807) is 0 Å². The molecule has 0 fully saturated rings. The van der Waals surface area contributed by atoms with Crippen LogP contribution in [0.4, 0.5) is 13.2 Å². The van der Waals surface area contributed by atoms with Crippen LogP contribution in [0.2, 0.25) is 0 Å². The average Bonchev–Trinajstić information content (AvgIpc) is 2.26. The lowest BCUT2D eigenvalue weighted by Crippen LogP contribution is -2.27. The molecule has 1 aromatic rings. The topological polar surface area (TPSA) is 62.2 Å². The zero-order valence-corrected chi connectivity index (χ0v) is 8.64. The number of hydrogen-bond donors (Lipinski definition) is 2. The zero-order chi connectivity index (χ0) is 12.6. The summed E-state index contributed by atoms with van der Waals surface area (Å²) in [5.74, 6) is -1.61. The number of rotatable bonds is 1. The minimum atomic E-state index is -4.74. The molecule has 0 saturated carbocycles. The minimum absolute atomic E-state index is 0.320. The number of halogens is 3. The van der Waals surface area contributed by atoms with Crippen LogP contribution in [0.25, 0.3) is 0 Å². The summed E-state index contributed by atoms with van der Waals surface area (Å²) in [6.07, 6.45) is -4.37. The molecule has 92 valence electrons. The fourth-order valence-electron chi connectivity index (χ4n) is 1.77. The van der Waals surface area contributed by atoms with Gasteiger partial charge in [-0.2, -0.15) is 13.2 Å². The smallest absolute Gasteiger partial charge is 0.434 e. The summed E-state index contributed by atoms with van der Waals surface area (Å²) in [4.78, 5) is 14.3. The van der Waals surface area contributed by atoms with Crippen molar-refractivity contribution in [2.24, 2.45) is 0 Å². The second-order valence-electron chi connectivity index (χ2n) is 3.72. The van der Waals surface area contributed by atoms with E-state index in [2.05, 4.69) is 10.3 Å². The van der Waals surface area contributed by atoms with Gasteiger partial charge >= 0.3 is 12.1 Å². The predicted octanol–water partition coefficient (Wildman–Crippen LogP) is 1.44. The Hall–Kier alpha value is -1.63. The van der Waals surface area contributed by atoms with Crippen LogP contribution >= 0.6 is 0 Å². The van der Waals surface area contributed by atoms with Crippen LogP contribution < -0.4 is 5.32 Å². The van der Waals surface area contributed by atoms with Gasteiger partial charge in [0.15, 0.2) is 5.69 Å². The minimum Gasteiger partial charge on any atom is -0.478 e. The average molecular weight is 246 g/mol. The molecule has 0 bridgehead atoms. The van der Waals surface area contributed by atoms with Crippen molar-refractivity contribution >= 4 is 5.97 Å². The first-order valence-electron chi connectivity index (χ1n) is 4.93. The quantitative estimate of drug-likeness (QED) is 0.787. The third-order valence-corrected chi connectivity index (χ3v) is 2.54. The van der Waals surface area contributed by atoms with Crippen molar-refractivity contribution in [1.82, 2.24) is 10.3 Å². The number of pyridine rings is 1. The molecule has 1 aromatic heterocycles. The van der Waals surface area contributed by atoms with Crippen LogP contribution in [0.1, 0.15) is 27.3 Å². The van der Waals surface area contributed by atoms with E-state index >= 15 is 0 Å². The van der Waals surface area contributed by atoms with Gasteiger partial charge < -0.3 is 10.4 Å². The lowest BCUT2D eigenvalue weighted by Gasteiger charge is -2.19. The standard InChI is InChI=1S/C10H9F3N2O2/c11-10(12,13)8-6(9(16)17)3-5-4-14-2-1-7(5)15-8/h3,14H,1-2,4H2,(H,16,17). The maximum Gasteiger partial charge on any atom is 0.434 e. The second-order valence-corrected chi connectivity index (χ2v) is 3.72. The molecule has 2 N–H and O–H groups in total. The molecule has 2 heterocycles. The first kappa shape index (κ1) is 11.8. The van der Waals surface area contributed by atoms with Gasteiger partial charge in [0.25, 0.3) is 0 Å². The van der Waals surface area contributed by atoms with Gasteiger partial charge in [0.1, 0.15) is 0 Å². The van der Waals surface area contributed by atoms with Gasteiger partial charge in [-0.1, -0.05) is 0 Å². The van der Waals surface area contributed by atoms with E-state index in [-0.39, 0.29) is 0 Å². The van der Waals surface area contributed by atoms with Gasteiger partial charge in [0.2, 0.25) is 0 Å². The molecule has 0 amide bonds. The number of alkyl halides is 3. The molecule has 0 radical (unpaired) electrons. The summed E-state index contributed by atoms with van der Waals surface area (Å²) in [6.45, 7) is 0.893. The van der Waals surface area contributed by atoms with Crippen LogP contribution in [0.15, 0.2) is 6.07 Å². The normalized spacial score (nSPS) is 15.5. The molecule has 0 saturated heterocycles. The number of nitrogens with zero attached hydrogens (tertiary/aromatic N) is 1. The van der Waals surface area contributed by atoms with Crippen molar-refractivity contribution in [1.29, 1.82) is 0 Å². The molecule has 1 aliphatic rings. The highest BCUT2D eigenvalue weighted by Crippen LogP contribution is 2.32. The number of aromatic carboxylic acids is 1. The number of carboxylic acid groups (broad SMARTS) is 1. The first-order valence-corrected chi connectivity index (χ1v) is 4.93. The highest BCUT2D eigenvalue weighted by atomic mass is 19.4. The summed E-state index contributed by atoms with van der Waals surface area (Å²) >= 11 is 0. The molecule has 1 aliphatic heterocycles. The zero-order valence-electron chi connectivity index (χ0n) is 8.64. The molecular formula is C10H9F3N2O2. The van der Waals surface area contributed by atoms with Crippen molar-refractivity contribution in [3.63, 3.8) is 0 Å². The van der Waals surface area contributed by atoms with E-state index in [9.17, 15) is 18.0 Å². The summed E-state index contributed by atoms with van der Waals surface area (Å²) < 4.78 is 37.9. The molecule has 0 aliphatic carbocycles. The van der Waals surface area contributed by atoms with Gasteiger partial charge in [-0.15, -0.1) is 0 Å². The number of hydrogen-bond acceptors (Lipinski definition) is 3. The molecule has 7 heteroatoms. The maximum absolute atomic E-state index is 12.6. The molecule has 2 rings (SSSR count). The SMILES string of the molecule is O=C(O)c1cc2c(nc1C(F)(F)F)CCNC2. The summed E-state index contributed by atoms with van der Waals surface area (Å²) in [7, 11) is 0. The number of carbonyl (C=O) groups is 1. The fraction of sp³-hybridized carbons (Fsp3) is 0.400. The van der Waals surface area contributed by atoms with Crippen LogP contribution in [0.5, 0.6) is 0 Å². The fourth-order valence-corrected chi connectivity index (χ4v) is 1.77. The van der Waals surface area contributed by atoms with Crippen LogP contribution in [-0.2, 0) is 19.1 Å². The number of fused-ring (bicyclic) bond motifs is 1. The van der Waals surface area contributed by atoms with E-state index in [1.807, 2.05) is 0 Å². The van der Waals surface area contributed by atoms with Crippen molar-refractivity contribution in [3.8, 4) is 0 Å². The van der Waals surface area contributed by atoms with Crippen molar-refractivity contribution in [2.45, 2.75) is 19.1 Å². The largest absolute Gasteiger partial charge is 0.478 e. The van der Waals surface area contributed by atoms with Gasteiger partial charge in [0.05, 0.1) is 5.56 Å². The second kappa shape index (κ2) is 3.99. The Labute approximate surface area is 94.5 Å². The summed E-state index contributed by atoms with van der Waals surface area (Å²) in [6, 6.07) is 1.06. The van der Waals surface area contributed by atoms with E-state index < -0.39 is 23.4 Å². The third-order valence-electron chi connectivity index (χ3n) is 2.54. The van der Waals surface area contributed by atoms with Gasteiger partial charge in [-0.05, 0) is 11.6 Å². The van der Waals surface area contributed by atoms with Gasteiger partial charge in [0, 0.05) is 25.2 Å². The number of carboxylic acids is 1. The molecule has 4 nitrogen and oxygen atoms in total. The van der Waals surface area contributed by atoms with Crippen molar-refractivity contribution in [3.05, 3.63) is 28.6 Å². The van der Waals surface area contributed by atoms with E-state index in [4.69, 9.17) is 5.11 Å². The highest BCUT2D eigenvalue weighted by Gasteiger charge is 2.38. The van der Waals surface area contributed by atoms with Crippen molar-refractivity contribution in [2.75, 3.05) is 6.54 Å². The Morgan fingerprint density at radius 3 is 2.76 bits per heavy atom. The third kappa shape index (κ3) is 2.23. The molecule has 0 atom stereocenters. The predicted molar refractivity (Wildman–Crippen MR) is 51.6 cm³/mol. The van der Waals surface area contributed by atoms with E-state index in [0.29, 0.717) is 30.8 Å². The Morgan fingerprint density at radius 1 is 1.47 bits per heavy atom. The van der Waals surface area contributed by atoms with Gasteiger partial charge in [-0.25, -0.2) is 9.78 Å². The molecule has 0 unspecified atom stereocenters. The lowest BCUT2D eigenvalue weighted by atomic mass is 10.0. The first-order chi connectivity index (χ1) is 7.89. The van der Waals surface area contributed by atoms with Gasteiger partial charge in [-0.3, -0.25) is 0 Å². The maximum atomic E-state index is 12.6. The monoisotopic (exact) mass is 246 g/mol. The Balaban J connectivity index is 2.60. The van der Waals surface area contributed by atoms with E-state index in [0.717, 1.165) is 6.07 Å². The lowest BCUT2D eigenvalue weighted by molar-refractivity contribution is -0.141. The van der Waals surface area contributed by atoms with Crippen molar-refractivity contribution < 1.29 is 23.1 Å². The van der Waals surface area contributed by atoms with Crippen LogP contribution in [0, 0.1) is 0 Å². The molecule has 0 spiro atoms. The molecular weight excluding hydrogens is 237 g/mol. The Bertz CT molecular complexity index is 471. The van der Waals surface area contributed by atoms with E-state index in [1.165, 1.54) is 0 Å². The Morgan fingerprint density at radius 2 is 2.18 bits per heavy atom. The summed E-state index contributed by atoms with van der Waals surface area (Å²) in [5.41, 5.74) is -1.27. The molecule has 0 aromatic carbocycles. The van der Waals surface area contributed by atoms with Crippen LogP contribution in [0.3, 0.4) is 0 Å². The Kier molecular flexibility index (Phi) is 2.78. The number of nitrogens with one attached hydrogen (secondary N) is 1. The summed E-state index contributed by atoms with van der Waals surface area (Å²) in [5, 5.41) is 11.7. The van der Waals surface area contributed by atoms with Crippen LogP contribution in [-0.4, -0.2) is 22.6 Å².